The summed E-state index contributed by atoms with van der Waals surface area (Å²) in [5.41, 5.74) is 1.72. The molecule has 0 bridgehead atoms. The zero-order chi connectivity index (χ0) is 20.0. The van der Waals surface area contributed by atoms with E-state index in [-0.39, 0.29) is 17.0 Å². The van der Waals surface area contributed by atoms with Gasteiger partial charge in [-0.1, -0.05) is 30.3 Å². The van der Waals surface area contributed by atoms with E-state index in [4.69, 9.17) is 0 Å². The van der Waals surface area contributed by atoms with Crippen molar-refractivity contribution in [3.63, 3.8) is 0 Å². The number of carbonyl (C=O) groups is 1. The van der Waals surface area contributed by atoms with Gasteiger partial charge in [0.1, 0.15) is 0 Å². The number of likely N-dealkylation sites (tertiary alicyclic amines) is 1. The van der Waals surface area contributed by atoms with Crippen LogP contribution in [0.2, 0.25) is 0 Å². The first-order chi connectivity index (χ1) is 13.5. The Bertz CT molecular complexity index is 879. The lowest BCUT2D eigenvalue weighted by Gasteiger charge is -2.28. The summed E-state index contributed by atoms with van der Waals surface area (Å²) in [6.07, 6.45) is 2.36. The predicted molar refractivity (Wildman–Crippen MR) is 110 cm³/mol. The number of rotatable bonds is 7. The smallest absolute Gasteiger partial charge is 0.319 e. The van der Waals surface area contributed by atoms with Gasteiger partial charge in [0.2, 0.25) is 10.0 Å². The van der Waals surface area contributed by atoms with E-state index in [0.717, 1.165) is 13.1 Å². The van der Waals surface area contributed by atoms with Crippen molar-refractivity contribution in [3.05, 3.63) is 60.2 Å². The number of benzene rings is 2. The van der Waals surface area contributed by atoms with E-state index in [9.17, 15) is 13.2 Å². The van der Waals surface area contributed by atoms with Crippen LogP contribution in [0.4, 0.5) is 10.5 Å². The molecule has 1 aliphatic heterocycles. The van der Waals surface area contributed by atoms with Crippen LogP contribution < -0.4 is 15.4 Å². The third kappa shape index (κ3) is 5.09. The summed E-state index contributed by atoms with van der Waals surface area (Å²) in [4.78, 5) is 14.9. The van der Waals surface area contributed by atoms with Crippen LogP contribution in [-0.4, -0.2) is 46.0 Å². The summed E-state index contributed by atoms with van der Waals surface area (Å²) < 4.78 is 25.8. The number of carbonyl (C=O) groups excluding carboxylic acids is 1. The van der Waals surface area contributed by atoms with Crippen LogP contribution >= 0.6 is 0 Å². The van der Waals surface area contributed by atoms with E-state index < -0.39 is 10.0 Å². The summed E-state index contributed by atoms with van der Waals surface area (Å²) in [5, 5.41) is 5.69. The van der Waals surface area contributed by atoms with Crippen LogP contribution in [0.25, 0.3) is 0 Å². The van der Waals surface area contributed by atoms with Gasteiger partial charge in [0, 0.05) is 12.2 Å². The van der Waals surface area contributed by atoms with Gasteiger partial charge >= 0.3 is 6.03 Å². The van der Waals surface area contributed by atoms with Crippen LogP contribution in [0.3, 0.4) is 0 Å². The van der Waals surface area contributed by atoms with Crippen molar-refractivity contribution in [1.82, 2.24) is 14.9 Å². The standard InChI is InChI=1S/C20H26N4O3S/c1-21-28(26,27)18-11-9-17(10-12-18)23-20(25)22-15-19(24-13-5-6-14-24)16-7-3-2-4-8-16/h2-4,7-12,19,21H,5-6,13-15H2,1H3,(H2,22,23,25). The first-order valence-electron chi connectivity index (χ1n) is 9.37. The van der Waals surface area contributed by atoms with Gasteiger partial charge in [-0.15, -0.1) is 0 Å². The molecule has 1 aliphatic rings. The molecule has 150 valence electrons. The highest BCUT2D eigenvalue weighted by Gasteiger charge is 2.23. The second kappa shape index (κ2) is 9.18. The van der Waals surface area contributed by atoms with Crippen LogP contribution in [0.15, 0.2) is 59.5 Å². The number of anilines is 1. The van der Waals surface area contributed by atoms with E-state index >= 15 is 0 Å². The summed E-state index contributed by atoms with van der Waals surface area (Å²) in [7, 11) is -2.13. The van der Waals surface area contributed by atoms with E-state index in [0.29, 0.717) is 12.2 Å². The summed E-state index contributed by atoms with van der Waals surface area (Å²) >= 11 is 0. The number of hydrogen-bond acceptors (Lipinski definition) is 4. The molecule has 28 heavy (non-hydrogen) atoms. The third-order valence-corrected chi connectivity index (χ3v) is 6.34. The molecular formula is C20H26N4O3S. The third-order valence-electron chi connectivity index (χ3n) is 4.91. The van der Waals surface area contributed by atoms with Gasteiger partial charge in [-0.25, -0.2) is 17.9 Å². The van der Waals surface area contributed by atoms with Crippen molar-refractivity contribution in [3.8, 4) is 0 Å². The SMILES string of the molecule is CNS(=O)(=O)c1ccc(NC(=O)NCC(c2ccccc2)N2CCCC2)cc1. The highest BCUT2D eigenvalue weighted by atomic mass is 32.2. The molecular weight excluding hydrogens is 376 g/mol. The molecule has 1 fully saturated rings. The van der Waals surface area contributed by atoms with Crippen LogP contribution in [0.5, 0.6) is 0 Å². The van der Waals surface area contributed by atoms with Crippen LogP contribution in [0, 0.1) is 0 Å². The molecule has 8 heteroatoms. The van der Waals surface area contributed by atoms with Crippen molar-refractivity contribution in [2.24, 2.45) is 0 Å². The predicted octanol–water partition coefficient (Wildman–Crippen LogP) is 2.55. The van der Waals surface area contributed by atoms with Gasteiger partial charge in [0.25, 0.3) is 0 Å². The molecule has 1 heterocycles. The van der Waals surface area contributed by atoms with Gasteiger partial charge in [0.15, 0.2) is 0 Å². The maximum Gasteiger partial charge on any atom is 0.319 e. The Labute approximate surface area is 166 Å². The highest BCUT2D eigenvalue weighted by molar-refractivity contribution is 7.89. The van der Waals surface area contributed by atoms with Gasteiger partial charge in [-0.3, -0.25) is 4.90 Å². The minimum atomic E-state index is -3.49. The topological polar surface area (TPSA) is 90.5 Å². The Hall–Kier alpha value is -2.42. The van der Waals surface area contributed by atoms with Gasteiger partial charge in [-0.2, -0.15) is 0 Å². The molecule has 0 spiro atoms. The zero-order valence-corrected chi connectivity index (χ0v) is 16.7. The monoisotopic (exact) mass is 402 g/mol. The summed E-state index contributed by atoms with van der Waals surface area (Å²) in [5.74, 6) is 0. The molecule has 2 amide bonds. The molecule has 0 saturated carbocycles. The molecule has 0 radical (unpaired) electrons. The van der Waals surface area contributed by atoms with Crippen molar-refractivity contribution >= 4 is 21.7 Å². The number of sulfonamides is 1. The molecule has 7 nitrogen and oxygen atoms in total. The van der Waals surface area contributed by atoms with Crippen molar-refractivity contribution in [2.75, 3.05) is 32.0 Å². The minimum Gasteiger partial charge on any atom is -0.336 e. The Kier molecular flexibility index (Phi) is 6.66. The van der Waals surface area contributed by atoms with Gasteiger partial charge in [-0.05, 0) is 62.8 Å². The molecule has 0 aromatic heterocycles. The molecule has 2 aromatic rings. The molecule has 3 rings (SSSR count). The normalized spacial score (nSPS) is 15.9. The Morgan fingerprint density at radius 1 is 1.04 bits per heavy atom. The number of urea groups is 1. The van der Waals surface area contributed by atoms with Gasteiger partial charge < -0.3 is 10.6 Å². The lowest BCUT2D eigenvalue weighted by Crippen LogP contribution is -2.38. The molecule has 3 N–H and O–H groups in total. The van der Waals surface area contributed by atoms with E-state index in [2.05, 4.69) is 32.4 Å². The fraction of sp³-hybridized carbons (Fsp3) is 0.350. The quantitative estimate of drug-likeness (QED) is 0.664. The summed E-state index contributed by atoms with van der Waals surface area (Å²) in [6, 6.07) is 16.1. The van der Waals surface area contributed by atoms with Crippen molar-refractivity contribution in [1.29, 1.82) is 0 Å². The molecule has 1 unspecified atom stereocenters. The lowest BCUT2D eigenvalue weighted by molar-refractivity contribution is 0.227. The van der Waals surface area contributed by atoms with E-state index in [1.807, 2.05) is 18.2 Å². The second-order valence-corrected chi connectivity index (χ2v) is 8.62. The maximum absolute atomic E-state index is 12.3. The van der Waals surface area contributed by atoms with Crippen molar-refractivity contribution < 1.29 is 13.2 Å². The first-order valence-corrected chi connectivity index (χ1v) is 10.9. The number of amides is 2. The number of hydrogen-bond donors (Lipinski definition) is 3. The fourth-order valence-corrected chi connectivity index (χ4v) is 4.12. The molecule has 0 aliphatic carbocycles. The Morgan fingerprint density at radius 2 is 1.68 bits per heavy atom. The number of nitrogens with zero attached hydrogens (tertiary/aromatic N) is 1. The van der Waals surface area contributed by atoms with Crippen molar-refractivity contribution in [2.45, 2.75) is 23.8 Å². The Morgan fingerprint density at radius 3 is 2.29 bits per heavy atom. The van der Waals surface area contributed by atoms with Crippen LogP contribution in [0.1, 0.15) is 24.4 Å². The average Bonchev–Trinajstić information content (AvgIpc) is 3.24. The van der Waals surface area contributed by atoms with Crippen LogP contribution in [-0.2, 0) is 10.0 Å². The van der Waals surface area contributed by atoms with E-state index in [1.54, 1.807) is 12.1 Å². The first kappa shape index (κ1) is 20.3. The summed E-state index contributed by atoms with van der Waals surface area (Å²) in [6.45, 7) is 2.57. The fourth-order valence-electron chi connectivity index (χ4n) is 3.39. The Balaban J connectivity index is 1.60. The lowest BCUT2D eigenvalue weighted by atomic mass is 10.1. The number of nitrogens with one attached hydrogen (secondary N) is 3. The highest BCUT2D eigenvalue weighted by Crippen LogP contribution is 2.24. The molecule has 2 aromatic carbocycles. The minimum absolute atomic E-state index is 0.137. The van der Waals surface area contributed by atoms with E-state index in [1.165, 1.54) is 37.6 Å². The molecule has 1 atom stereocenters. The zero-order valence-electron chi connectivity index (χ0n) is 15.9. The largest absolute Gasteiger partial charge is 0.336 e. The molecule has 1 saturated heterocycles. The second-order valence-electron chi connectivity index (χ2n) is 6.74. The maximum atomic E-state index is 12.3. The average molecular weight is 403 g/mol. The van der Waals surface area contributed by atoms with Gasteiger partial charge in [0.05, 0.1) is 10.9 Å².